The highest BCUT2D eigenvalue weighted by Crippen LogP contribution is 2.43. The first-order valence-electron chi connectivity index (χ1n) is 49.6. The molecule has 10 aromatic heterocycles. The second-order valence-corrected chi connectivity index (χ2v) is 45.7. The third-order valence-electron chi connectivity index (χ3n) is 30.5. The summed E-state index contributed by atoms with van der Waals surface area (Å²) < 4.78 is 18.4. The van der Waals surface area contributed by atoms with Crippen molar-refractivity contribution in [2.45, 2.75) is 0 Å². The number of hydrogen-bond donors (Lipinski definition) is 0. The molecule has 0 radical (unpaired) electrons. The largest absolute Gasteiger partial charge is 0.309 e. The van der Waals surface area contributed by atoms with Crippen LogP contribution >= 0.6 is 0 Å². The molecule has 20 aromatic carbocycles. The third kappa shape index (κ3) is 12.4. The van der Waals surface area contributed by atoms with Gasteiger partial charge in [0, 0.05) is 77.7 Å². The second kappa shape index (κ2) is 32.7. The molecule has 0 N–H and O–H groups in total. The first kappa shape index (κ1) is 82.6. The average Bonchev–Trinajstić information content (AvgIpc) is 1.75. The molecule has 0 bridgehead atoms. The molecule has 0 aliphatic carbocycles. The lowest BCUT2D eigenvalue weighted by Crippen LogP contribution is -2.74. The van der Waals surface area contributed by atoms with E-state index in [4.69, 9.17) is 29.9 Å². The molecule has 0 aliphatic rings. The normalized spacial score (nSPS) is 12.2. The third-order valence-corrected chi connectivity index (χ3v) is 40.1. The van der Waals surface area contributed by atoms with Crippen molar-refractivity contribution in [1.29, 1.82) is 0 Å². The maximum atomic E-state index is 5.80. The molecule has 14 nitrogen and oxygen atoms in total. The number of benzene rings is 20. The smallest absolute Gasteiger partial charge is 0.221 e. The fraction of sp³-hybridized carbons (Fsp3) is 0. The van der Waals surface area contributed by atoms with Gasteiger partial charge >= 0.3 is 0 Å². The van der Waals surface area contributed by atoms with Crippen molar-refractivity contribution in [2.24, 2.45) is 0 Å². The van der Waals surface area contributed by atoms with E-state index >= 15 is 0 Å². The van der Waals surface area contributed by atoms with Gasteiger partial charge in [0.25, 0.3) is 0 Å². The topological polar surface area (TPSA) is 116 Å². The summed E-state index contributed by atoms with van der Waals surface area (Å²) in [5.74, 6) is 5.37. The zero-order chi connectivity index (χ0) is 95.8. The van der Waals surface area contributed by atoms with Crippen molar-refractivity contribution in [2.75, 3.05) is 0 Å². The summed E-state index contributed by atoms with van der Waals surface area (Å²) in [4.78, 5) is 34.2. The van der Waals surface area contributed by atoms with Crippen LogP contribution in [0.25, 0.3) is 211 Å². The molecule has 30 rings (SSSR count). The van der Waals surface area contributed by atoms with E-state index in [0.29, 0.717) is 29.1 Å². The maximum Gasteiger partial charge on any atom is 0.221 e. The molecule has 0 fully saturated rings. The van der Waals surface area contributed by atoms with E-state index in [-0.39, 0.29) is 0 Å². The van der Waals surface area contributed by atoms with Crippen LogP contribution in [-0.4, -0.2) is 82.3 Å². The average molecular weight is 1900 g/mol. The molecule has 0 unspecified atom stereocenters. The van der Waals surface area contributed by atoms with Crippen LogP contribution in [0.5, 0.6) is 0 Å². The Kier molecular flexibility index (Phi) is 18.5. The summed E-state index contributed by atoms with van der Waals surface area (Å²) in [6, 6.07) is 186. The van der Waals surface area contributed by atoms with Gasteiger partial charge in [-0.25, -0.2) is 29.9 Å². The summed E-state index contributed by atoms with van der Waals surface area (Å²) in [5.41, 5.74) is 22.4. The molecule has 16 heteroatoms. The van der Waals surface area contributed by atoms with Gasteiger partial charge in [-0.1, -0.05) is 370 Å². The summed E-state index contributed by atoms with van der Waals surface area (Å²) in [7, 11) is -6.22. The summed E-state index contributed by atoms with van der Waals surface area (Å²) >= 11 is 0. The first-order valence-corrected chi connectivity index (χ1v) is 53.6. The van der Waals surface area contributed by atoms with E-state index in [0.717, 1.165) is 139 Å². The monoisotopic (exact) mass is 1900 g/mol. The lowest BCUT2D eigenvalue weighted by Gasteiger charge is -2.34. The van der Waals surface area contributed by atoms with E-state index in [9.17, 15) is 0 Å². The Morgan fingerprint density at radius 2 is 0.390 bits per heavy atom. The van der Waals surface area contributed by atoms with Crippen molar-refractivity contribution in [3.63, 3.8) is 0 Å². The van der Waals surface area contributed by atoms with E-state index < -0.39 is 16.1 Å². The predicted molar refractivity (Wildman–Crippen MR) is 605 cm³/mol. The fourth-order valence-electron chi connectivity index (χ4n) is 24.1. The molecule has 0 atom stereocenters. The van der Waals surface area contributed by atoms with E-state index in [2.05, 4.69) is 546 Å². The summed E-state index contributed by atoms with van der Waals surface area (Å²) in [6.45, 7) is 0. The minimum absolute atomic E-state index is 0.542. The SMILES string of the molecule is c1ccc([Si](c2ccccc2)(c2ccc(-c3nc(-n4c5ccccc5c5ccccc54)cc(-n4c5ccccc5c5cc(-c6ccc7nc8n(-c9cc(-n%10c%11ccccc%11n%11c%12ccccc%12nc%10%11)nc(-c%10ccc([Si](c%11ccccc%11)(c%11ccccc%11)c%11ccc(-n%12c%13ccccc%13c%13ccccc%13%12)cc%11)cc%10)n9)c9ccccc9n8c7c6)ccc54)n3)cc2)c2ccc(-n3c4ccccc4c4ccccc43)cc2)cc1. The molecule has 0 amide bonds. The summed E-state index contributed by atoms with van der Waals surface area (Å²) in [5, 5.41) is 19.5. The molecule has 10 heterocycles. The van der Waals surface area contributed by atoms with Gasteiger partial charge in [-0.05, 0) is 180 Å². The molecular weight excluding hydrogens is 1810 g/mol. The van der Waals surface area contributed by atoms with E-state index in [1.54, 1.807) is 0 Å². The van der Waals surface area contributed by atoms with Crippen LogP contribution in [-0.2, 0) is 0 Å². The van der Waals surface area contributed by atoms with Gasteiger partial charge in [0.1, 0.15) is 23.3 Å². The Hall–Kier alpha value is -19.3. The van der Waals surface area contributed by atoms with Crippen molar-refractivity contribution in [3.8, 4) is 68.5 Å². The fourth-order valence-corrected chi connectivity index (χ4v) is 33.6. The van der Waals surface area contributed by atoms with Crippen LogP contribution in [0.1, 0.15) is 0 Å². The lowest BCUT2D eigenvalue weighted by atomic mass is 10.0. The van der Waals surface area contributed by atoms with Gasteiger partial charge in [-0.15, -0.1) is 0 Å². The van der Waals surface area contributed by atoms with Gasteiger partial charge in [0.2, 0.25) is 11.6 Å². The molecule has 146 heavy (non-hydrogen) atoms. The zero-order valence-electron chi connectivity index (χ0n) is 78.8. The number of fused-ring (bicyclic) bond motifs is 22. The number of imidazole rings is 4. The van der Waals surface area contributed by atoms with Crippen LogP contribution in [0, 0.1) is 0 Å². The van der Waals surface area contributed by atoms with Gasteiger partial charge < -0.3 is 9.13 Å². The molecule has 30 aromatic rings. The van der Waals surface area contributed by atoms with Crippen molar-refractivity contribution >= 4 is 201 Å². The Morgan fingerprint density at radius 1 is 0.144 bits per heavy atom. The Bertz CT molecular complexity index is 10300. The molecule has 0 aliphatic heterocycles. The number of hydrogen-bond acceptors (Lipinski definition) is 6. The highest BCUT2D eigenvalue weighted by atomic mass is 28.3. The second-order valence-electron chi connectivity index (χ2n) is 38.1. The minimum Gasteiger partial charge on any atom is -0.309 e. The van der Waals surface area contributed by atoms with Gasteiger partial charge in [0.05, 0.1) is 88.3 Å². The van der Waals surface area contributed by atoms with E-state index in [1.807, 2.05) is 0 Å². The van der Waals surface area contributed by atoms with Crippen molar-refractivity contribution in [3.05, 3.63) is 510 Å². The standard InChI is InChI=1S/C130H84N14Si2/c1-5-33-91(34-6-1)145(92-35-7-2-8-36-92,97-75-67-89(68-76-97)137-109-49-21-13-41-99(109)100-42-14-22-50-110(100)137)95-71-61-85(62-72-95)127-133-123(139-113-53-25-17-45-103(113)104-46-18-26-54-114(104)139)83-124(134-127)140-115-55-27-19-47-105(115)106-81-87(66-80-116(106)140)88-65-79-108-122(82-88)142-119-58-30-32-60-121(119)144(130(142)132-108)126-84-125(143-120-59-31-29-57-118(120)141-117-56-28-20-48-107(117)131-129(141)143)135-128(136-126)86-63-73-96(74-64-86)146(93-37-9-3-10-38-93,94-39-11-4-12-40-94)98-77-69-90(70-78-98)138-111-51-23-15-43-101(111)102-44-16-24-52-112(102)138/h1-84H. The molecule has 0 saturated carbocycles. The maximum absolute atomic E-state index is 5.80. The number of nitrogens with zero attached hydrogens (tertiary/aromatic N) is 14. The molecular formula is C130H84N14Si2. The van der Waals surface area contributed by atoms with Gasteiger partial charge in [0.15, 0.2) is 27.8 Å². The predicted octanol–water partition coefficient (Wildman–Crippen LogP) is 24.9. The Labute approximate surface area is 838 Å². The van der Waals surface area contributed by atoms with Crippen LogP contribution in [0.2, 0.25) is 0 Å². The van der Waals surface area contributed by atoms with Gasteiger partial charge in [-0.2, -0.15) is 0 Å². The summed E-state index contributed by atoms with van der Waals surface area (Å²) in [6.07, 6.45) is 0. The van der Waals surface area contributed by atoms with Crippen LogP contribution in [0.3, 0.4) is 0 Å². The molecule has 0 saturated heterocycles. The lowest BCUT2D eigenvalue weighted by molar-refractivity contribution is 0.970. The van der Waals surface area contributed by atoms with Crippen LogP contribution in [0.4, 0.5) is 0 Å². The number of aromatic nitrogens is 14. The van der Waals surface area contributed by atoms with Gasteiger partial charge in [-0.3, -0.25) is 27.1 Å². The van der Waals surface area contributed by atoms with Crippen LogP contribution in [0.15, 0.2) is 510 Å². The van der Waals surface area contributed by atoms with E-state index in [1.165, 1.54) is 85.1 Å². The first-order chi connectivity index (χ1) is 72.4. The van der Waals surface area contributed by atoms with Crippen LogP contribution < -0.4 is 41.5 Å². The molecule has 0 spiro atoms. The Balaban J connectivity index is 0.559. The quantitative estimate of drug-likeness (QED) is 0.0662. The Morgan fingerprint density at radius 3 is 0.753 bits per heavy atom. The zero-order valence-corrected chi connectivity index (χ0v) is 80.8. The number of rotatable bonds is 17. The van der Waals surface area contributed by atoms with Crippen molar-refractivity contribution in [1.82, 2.24) is 66.1 Å². The highest BCUT2D eigenvalue weighted by molar-refractivity contribution is 7.20. The number of para-hydroxylation sites is 13. The highest BCUT2D eigenvalue weighted by Gasteiger charge is 2.44. The van der Waals surface area contributed by atoms with Crippen molar-refractivity contribution < 1.29 is 0 Å². The minimum atomic E-state index is -3.12. The molecule has 682 valence electrons.